The van der Waals surface area contributed by atoms with Gasteiger partial charge in [0.1, 0.15) is 5.15 Å². The van der Waals surface area contributed by atoms with Gasteiger partial charge in [0.25, 0.3) is 0 Å². The molecule has 9 heteroatoms. The summed E-state index contributed by atoms with van der Waals surface area (Å²) in [5.41, 5.74) is 0.336. The van der Waals surface area contributed by atoms with E-state index < -0.39 is 12.1 Å². The van der Waals surface area contributed by atoms with E-state index in [-0.39, 0.29) is 12.2 Å². The van der Waals surface area contributed by atoms with Crippen LogP contribution in [0.1, 0.15) is 5.56 Å². The van der Waals surface area contributed by atoms with Gasteiger partial charge in [-0.2, -0.15) is 18.2 Å². The molecule has 2 aromatic heterocycles. The number of aromatic nitrogens is 3. The second-order valence-corrected chi connectivity index (χ2v) is 4.34. The lowest BCUT2D eigenvalue weighted by Crippen LogP contribution is -2.30. The molecular weight excluding hydrogens is 309 g/mol. The van der Waals surface area contributed by atoms with Crippen molar-refractivity contribution in [3.05, 3.63) is 53.1 Å². The van der Waals surface area contributed by atoms with Gasteiger partial charge in [0, 0.05) is 18.6 Å². The molecule has 0 bridgehead atoms. The molecule has 0 aliphatic rings. The molecule has 0 radical (unpaired) electrons. The molecule has 1 amide bonds. The maximum Gasteiger partial charge on any atom is 0.473 e. The molecule has 0 aliphatic carbocycles. The normalized spacial score (nSPS) is 12.5. The van der Waals surface area contributed by atoms with Crippen molar-refractivity contribution in [3.63, 3.8) is 0 Å². The molecule has 0 saturated heterocycles. The van der Waals surface area contributed by atoms with E-state index in [2.05, 4.69) is 15.0 Å². The Hall–Kier alpha value is -2.22. The van der Waals surface area contributed by atoms with Crippen molar-refractivity contribution in [2.24, 2.45) is 4.99 Å². The first-order chi connectivity index (χ1) is 9.86. The van der Waals surface area contributed by atoms with Crippen molar-refractivity contribution < 1.29 is 18.0 Å². The topological polar surface area (TPSA) is 60.1 Å². The molecule has 2 rings (SSSR count). The Labute approximate surface area is 121 Å². The summed E-state index contributed by atoms with van der Waals surface area (Å²) in [5.74, 6) is -2.20. The van der Waals surface area contributed by atoms with E-state index in [9.17, 15) is 18.0 Å². The highest BCUT2D eigenvalue weighted by atomic mass is 35.5. The third-order valence-electron chi connectivity index (χ3n) is 2.38. The van der Waals surface area contributed by atoms with E-state index in [1.54, 1.807) is 12.1 Å². The number of hydrogen-bond donors (Lipinski definition) is 0. The number of pyridine rings is 1. The van der Waals surface area contributed by atoms with Crippen LogP contribution in [0.5, 0.6) is 0 Å². The predicted octanol–water partition coefficient (Wildman–Crippen LogP) is 1.97. The number of carbonyl (C=O) groups excluding carboxylic acids is 1. The summed E-state index contributed by atoms with van der Waals surface area (Å²) in [6, 6.07) is 4.72. The molecule has 0 N–H and O–H groups in total. The maximum atomic E-state index is 12.2. The van der Waals surface area contributed by atoms with Crippen molar-refractivity contribution in [2.75, 3.05) is 0 Å². The van der Waals surface area contributed by atoms with Crippen LogP contribution in [-0.2, 0) is 11.3 Å². The fourth-order valence-electron chi connectivity index (χ4n) is 1.46. The van der Waals surface area contributed by atoms with Crippen LogP contribution in [0, 0.1) is 0 Å². The highest BCUT2D eigenvalue weighted by Crippen LogP contribution is 2.15. The first kappa shape index (κ1) is 15.2. The third-order valence-corrected chi connectivity index (χ3v) is 2.61. The molecule has 110 valence electrons. The summed E-state index contributed by atoms with van der Waals surface area (Å²) >= 11 is 5.65. The second kappa shape index (κ2) is 6.04. The Balaban J connectivity index is 2.35. The van der Waals surface area contributed by atoms with Crippen molar-refractivity contribution >= 4 is 17.5 Å². The van der Waals surface area contributed by atoms with Crippen molar-refractivity contribution in [2.45, 2.75) is 12.7 Å². The molecule has 0 fully saturated rings. The summed E-state index contributed by atoms with van der Waals surface area (Å²) in [5, 5.41) is 0.298. The number of amides is 1. The first-order valence-electron chi connectivity index (χ1n) is 5.64. The van der Waals surface area contributed by atoms with Gasteiger partial charge in [0.15, 0.2) is 0 Å². The lowest BCUT2D eigenvalue weighted by atomic mass is 10.3. The molecule has 0 aromatic carbocycles. The van der Waals surface area contributed by atoms with E-state index in [1.807, 2.05) is 0 Å². The number of nitrogens with zero attached hydrogens (tertiary/aromatic N) is 4. The highest BCUT2D eigenvalue weighted by molar-refractivity contribution is 6.29. The van der Waals surface area contributed by atoms with Gasteiger partial charge in [-0.15, -0.1) is 0 Å². The molecular formula is C12H8ClF3N4O. The highest BCUT2D eigenvalue weighted by Gasteiger charge is 2.38. The zero-order chi connectivity index (χ0) is 15.5. The third kappa shape index (κ3) is 4.12. The Morgan fingerprint density at radius 1 is 1.33 bits per heavy atom. The Kier molecular flexibility index (Phi) is 4.37. The van der Waals surface area contributed by atoms with E-state index in [0.29, 0.717) is 10.7 Å². The lowest BCUT2D eigenvalue weighted by Gasteiger charge is -2.06. The summed E-state index contributed by atoms with van der Waals surface area (Å²) in [6.07, 6.45) is -0.849. The number of alkyl halides is 3. The molecule has 0 spiro atoms. The standard InChI is InChI=1S/C12H8ClF3N4O/c13-9-3-2-8(6-18-9)7-20-5-1-4-17-11(20)19-10(21)12(14,15)16/h1-6H,7H2/b19-11-. The molecule has 0 aliphatic heterocycles. The van der Waals surface area contributed by atoms with Gasteiger partial charge >= 0.3 is 12.1 Å². The number of rotatable bonds is 2. The quantitative estimate of drug-likeness (QED) is 0.796. The van der Waals surface area contributed by atoms with E-state index in [4.69, 9.17) is 11.6 Å². The fraction of sp³-hybridized carbons (Fsp3) is 0.167. The number of halogens is 4. The van der Waals surface area contributed by atoms with Crippen LogP contribution in [0.2, 0.25) is 5.15 Å². The van der Waals surface area contributed by atoms with E-state index >= 15 is 0 Å². The van der Waals surface area contributed by atoms with Gasteiger partial charge in [0.05, 0.1) is 6.54 Å². The summed E-state index contributed by atoms with van der Waals surface area (Å²) in [7, 11) is 0. The predicted molar refractivity (Wildman–Crippen MR) is 67.2 cm³/mol. The van der Waals surface area contributed by atoms with Gasteiger partial charge in [0.2, 0.25) is 5.62 Å². The van der Waals surface area contributed by atoms with Crippen LogP contribution in [0.15, 0.2) is 41.8 Å². The fourth-order valence-corrected chi connectivity index (χ4v) is 1.57. The minimum Gasteiger partial charge on any atom is -0.313 e. The average molecular weight is 317 g/mol. The zero-order valence-electron chi connectivity index (χ0n) is 10.4. The largest absolute Gasteiger partial charge is 0.473 e. The minimum atomic E-state index is -5.03. The zero-order valence-corrected chi connectivity index (χ0v) is 11.1. The number of carbonyl (C=O) groups is 1. The average Bonchev–Trinajstić information content (AvgIpc) is 2.42. The molecule has 2 heterocycles. The minimum absolute atomic E-state index is 0.155. The Morgan fingerprint density at radius 3 is 2.71 bits per heavy atom. The van der Waals surface area contributed by atoms with Crippen LogP contribution in [0.3, 0.4) is 0 Å². The maximum absolute atomic E-state index is 12.2. The van der Waals surface area contributed by atoms with Gasteiger partial charge < -0.3 is 4.57 Å². The molecule has 0 unspecified atom stereocenters. The molecule has 2 aromatic rings. The van der Waals surface area contributed by atoms with E-state index in [0.717, 1.165) is 0 Å². The second-order valence-electron chi connectivity index (χ2n) is 3.95. The van der Waals surface area contributed by atoms with Crippen LogP contribution in [-0.4, -0.2) is 26.6 Å². The monoisotopic (exact) mass is 316 g/mol. The van der Waals surface area contributed by atoms with Crippen LogP contribution in [0.25, 0.3) is 0 Å². The van der Waals surface area contributed by atoms with Crippen molar-refractivity contribution in [1.82, 2.24) is 14.5 Å². The van der Waals surface area contributed by atoms with E-state index in [1.165, 1.54) is 29.2 Å². The summed E-state index contributed by atoms with van der Waals surface area (Å²) in [6.45, 7) is 0.155. The van der Waals surface area contributed by atoms with Gasteiger partial charge in [-0.25, -0.2) is 9.97 Å². The van der Waals surface area contributed by atoms with Gasteiger partial charge in [-0.1, -0.05) is 17.7 Å². The number of hydrogen-bond acceptors (Lipinski definition) is 3. The van der Waals surface area contributed by atoms with Crippen molar-refractivity contribution in [1.29, 1.82) is 0 Å². The van der Waals surface area contributed by atoms with Crippen LogP contribution >= 0.6 is 11.6 Å². The molecule has 21 heavy (non-hydrogen) atoms. The van der Waals surface area contributed by atoms with Crippen LogP contribution in [0.4, 0.5) is 13.2 Å². The van der Waals surface area contributed by atoms with Gasteiger partial charge in [-0.05, 0) is 17.7 Å². The summed E-state index contributed by atoms with van der Waals surface area (Å²) < 4.78 is 38.0. The Bertz CT molecular complexity index is 709. The molecule has 0 atom stereocenters. The molecule has 0 saturated carbocycles. The molecule has 5 nitrogen and oxygen atoms in total. The SMILES string of the molecule is O=C(/N=c1/ncccn1Cc1ccc(Cl)nc1)C(F)(F)F. The van der Waals surface area contributed by atoms with Gasteiger partial charge in [-0.3, -0.25) is 4.79 Å². The Morgan fingerprint density at radius 2 is 2.10 bits per heavy atom. The lowest BCUT2D eigenvalue weighted by molar-refractivity contribution is -0.169. The smallest absolute Gasteiger partial charge is 0.313 e. The van der Waals surface area contributed by atoms with Crippen LogP contribution < -0.4 is 5.62 Å². The first-order valence-corrected chi connectivity index (χ1v) is 6.02. The van der Waals surface area contributed by atoms with Crippen molar-refractivity contribution in [3.8, 4) is 0 Å². The summed E-state index contributed by atoms with van der Waals surface area (Å²) in [4.78, 5) is 21.4.